The first-order valence-electron chi connectivity index (χ1n) is 6.00. The van der Waals surface area contributed by atoms with Crippen LogP contribution in [0.3, 0.4) is 0 Å². The Balaban J connectivity index is 2.05. The van der Waals surface area contributed by atoms with Crippen LogP contribution in [-0.2, 0) is 24.6 Å². The zero-order valence-corrected chi connectivity index (χ0v) is 11.0. The number of aliphatic hydroxyl groups excluding tert-OH is 1. The smallest absolute Gasteiger partial charge is 0.162 e. The summed E-state index contributed by atoms with van der Waals surface area (Å²) in [5.41, 5.74) is 2.44. The predicted molar refractivity (Wildman–Crippen MR) is 68.6 cm³/mol. The second kappa shape index (κ2) is 6.36. The Morgan fingerprint density at radius 2 is 2.16 bits per heavy atom. The number of aromatic nitrogens is 1. The van der Waals surface area contributed by atoms with Gasteiger partial charge in [-0.25, -0.2) is 0 Å². The van der Waals surface area contributed by atoms with Crippen molar-refractivity contribution in [1.29, 1.82) is 0 Å². The molecule has 1 aromatic carbocycles. The highest BCUT2D eigenvalue weighted by atomic mass is 16.5. The van der Waals surface area contributed by atoms with Crippen LogP contribution >= 0.6 is 0 Å². The minimum atomic E-state index is -0.0508. The molecule has 5 heteroatoms. The summed E-state index contributed by atoms with van der Waals surface area (Å²) in [6.07, 6.45) is 0. The molecule has 0 saturated carbocycles. The van der Waals surface area contributed by atoms with Crippen molar-refractivity contribution in [3.05, 3.63) is 46.8 Å². The summed E-state index contributed by atoms with van der Waals surface area (Å²) in [5.74, 6) is 1.36. The number of ether oxygens (including phenoxy) is 2. The minimum Gasteiger partial charge on any atom is -0.487 e. The van der Waals surface area contributed by atoms with E-state index in [1.807, 2.05) is 25.1 Å². The van der Waals surface area contributed by atoms with E-state index in [9.17, 15) is 5.11 Å². The van der Waals surface area contributed by atoms with Crippen LogP contribution in [0.2, 0.25) is 0 Å². The Bertz CT molecular complexity index is 536. The number of methoxy groups -OCH3 is 1. The van der Waals surface area contributed by atoms with Gasteiger partial charge < -0.3 is 19.1 Å². The first kappa shape index (κ1) is 13.6. The largest absolute Gasteiger partial charge is 0.487 e. The summed E-state index contributed by atoms with van der Waals surface area (Å²) in [6, 6.07) is 7.45. The molecular formula is C14H17NO4. The molecule has 1 N–H and O–H groups in total. The summed E-state index contributed by atoms with van der Waals surface area (Å²) in [7, 11) is 1.60. The normalized spacial score (nSPS) is 10.7. The molecule has 0 saturated heterocycles. The van der Waals surface area contributed by atoms with Crippen molar-refractivity contribution in [1.82, 2.24) is 5.16 Å². The second-order valence-corrected chi connectivity index (χ2v) is 4.23. The number of para-hydroxylation sites is 1. The van der Waals surface area contributed by atoms with Gasteiger partial charge in [0.15, 0.2) is 5.76 Å². The summed E-state index contributed by atoms with van der Waals surface area (Å²) in [6.45, 7) is 2.57. The number of aryl methyl sites for hydroxylation is 1. The Hall–Kier alpha value is -1.85. The van der Waals surface area contributed by atoms with Crippen LogP contribution in [0.15, 0.2) is 28.8 Å². The third-order valence-corrected chi connectivity index (χ3v) is 2.72. The molecule has 5 nitrogen and oxygen atoms in total. The van der Waals surface area contributed by atoms with E-state index in [1.165, 1.54) is 0 Å². The average Bonchev–Trinajstić information content (AvgIpc) is 2.85. The Labute approximate surface area is 111 Å². The first-order chi connectivity index (χ1) is 9.24. The van der Waals surface area contributed by atoms with E-state index < -0.39 is 0 Å². The maximum Gasteiger partial charge on any atom is 0.162 e. The summed E-state index contributed by atoms with van der Waals surface area (Å²) < 4.78 is 15.7. The maximum atomic E-state index is 9.28. The molecule has 0 fully saturated rings. The Kier molecular flexibility index (Phi) is 4.54. The quantitative estimate of drug-likeness (QED) is 0.865. The van der Waals surface area contributed by atoms with Gasteiger partial charge in [-0.15, -0.1) is 0 Å². The van der Waals surface area contributed by atoms with Crippen molar-refractivity contribution in [3.8, 4) is 5.75 Å². The lowest BCUT2D eigenvalue weighted by molar-refractivity contribution is 0.155. The summed E-state index contributed by atoms with van der Waals surface area (Å²) in [4.78, 5) is 0. The number of nitrogens with zero attached hydrogens (tertiary/aromatic N) is 1. The number of rotatable bonds is 6. The van der Waals surface area contributed by atoms with Crippen LogP contribution in [0.5, 0.6) is 5.75 Å². The van der Waals surface area contributed by atoms with E-state index in [-0.39, 0.29) is 6.61 Å². The summed E-state index contributed by atoms with van der Waals surface area (Å²) >= 11 is 0. The molecule has 0 unspecified atom stereocenters. The molecule has 1 aromatic heterocycles. The van der Waals surface area contributed by atoms with E-state index in [0.29, 0.717) is 30.4 Å². The van der Waals surface area contributed by atoms with Crippen molar-refractivity contribution in [2.45, 2.75) is 26.7 Å². The molecule has 0 spiro atoms. The van der Waals surface area contributed by atoms with E-state index in [2.05, 4.69) is 5.16 Å². The zero-order valence-electron chi connectivity index (χ0n) is 11.0. The van der Waals surface area contributed by atoms with E-state index in [4.69, 9.17) is 14.0 Å². The zero-order chi connectivity index (χ0) is 13.7. The molecule has 0 aliphatic carbocycles. The van der Waals surface area contributed by atoms with Crippen LogP contribution in [0.1, 0.15) is 22.6 Å². The molecular weight excluding hydrogens is 246 g/mol. The first-order valence-corrected chi connectivity index (χ1v) is 6.00. The standard InChI is InChI=1S/C14H17NO4/c1-10-4-3-5-11(7-16)14(10)18-8-12-6-13(9-17-2)19-15-12/h3-6,16H,7-9H2,1-2H3. The van der Waals surface area contributed by atoms with Crippen LogP contribution in [0.4, 0.5) is 0 Å². The fourth-order valence-corrected chi connectivity index (χ4v) is 1.82. The molecule has 2 rings (SSSR count). The highest BCUT2D eigenvalue weighted by molar-refractivity contribution is 5.40. The van der Waals surface area contributed by atoms with Gasteiger partial charge in [-0.05, 0) is 12.5 Å². The van der Waals surface area contributed by atoms with Crippen LogP contribution in [0, 0.1) is 6.92 Å². The molecule has 19 heavy (non-hydrogen) atoms. The van der Waals surface area contributed by atoms with E-state index in [0.717, 1.165) is 11.1 Å². The van der Waals surface area contributed by atoms with Gasteiger partial charge in [0.05, 0.1) is 6.61 Å². The topological polar surface area (TPSA) is 64.7 Å². The Morgan fingerprint density at radius 3 is 2.89 bits per heavy atom. The van der Waals surface area contributed by atoms with Crippen LogP contribution in [-0.4, -0.2) is 17.4 Å². The van der Waals surface area contributed by atoms with Gasteiger partial charge in [-0.1, -0.05) is 23.4 Å². The molecule has 0 bridgehead atoms. The van der Waals surface area contributed by atoms with Crippen molar-refractivity contribution in [2.24, 2.45) is 0 Å². The maximum absolute atomic E-state index is 9.28. The lowest BCUT2D eigenvalue weighted by atomic mass is 10.1. The molecule has 0 amide bonds. The summed E-state index contributed by atoms with van der Waals surface area (Å²) in [5, 5.41) is 13.2. The fourth-order valence-electron chi connectivity index (χ4n) is 1.82. The van der Waals surface area contributed by atoms with Gasteiger partial charge in [0.1, 0.15) is 24.7 Å². The third kappa shape index (κ3) is 3.33. The van der Waals surface area contributed by atoms with Gasteiger partial charge in [0.2, 0.25) is 0 Å². The molecule has 0 radical (unpaired) electrons. The van der Waals surface area contributed by atoms with Crippen molar-refractivity contribution in [3.63, 3.8) is 0 Å². The minimum absolute atomic E-state index is 0.0508. The highest BCUT2D eigenvalue weighted by Crippen LogP contribution is 2.24. The van der Waals surface area contributed by atoms with Gasteiger partial charge in [0, 0.05) is 18.7 Å². The number of aliphatic hydroxyl groups is 1. The van der Waals surface area contributed by atoms with Crippen LogP contribution in [0.25, 0.3) is 0 Å². The molecule has 0 aliphatic rings. The molecule has 102 valence electrons. The van der Waals surface area contributed by atoms with Crippen molar-refractivity contribution >= 4 is 0 Å². The van der Waals surface area contributed by atoms with Gasteiger partial charge in [-0.2, -0.15) is 0 Å². The molecule has 1 heterocycles. The highest BCUT2D eigenvalue weighted by Gasteiger charge is 2.09. The SMILES string of the molecule is COCc1cc(COc2c(C)cccc2CO)no1. The number of benzene rings is 1. The van der Waals surface area contributed by atoms with Crippen molar-refractivity contribution in [2.75, 3.05) is 7.11 Å². The van der Waals surface area contributed by atoms with Gasteiger partial charge in [-0.3, -0.25) is 0 Å². The predicted octanol–water partition coefficient (Wildman–Crippen LogP) is 2.20. The fraction of sp³-hybridized carbons (Fsp3) is 0.357. The molecule has 2 aromatic rings. The van der Waals surface area contributed by atoms with Gasteiger partial charge >= 0.3 is 0 Å². The molecule has 0 aliphatic heterocycles. The number of hydrogen-bond acceptors (Lipinski definition) is 5. The monoisotopic (exact) mass is 263 g/mol. The third-order valence-electron chi connectivity index (χ3n) is 2.72. The van der Waals surface area contributed by atoms with Crippen molar-refractivity contribution < 1.29 is 19.1 Å². The second-order valence-electron chi connectivity index (χ2n) is 4.23. The van der Waals surface area contributed by atoms with Crippen LogP contribution < -0.4 is 4.74 Å². The van der Waals surface area contributed by atoms with E-state index >= 15 is 0 Å². The lowest BCUT2D eigenvalue weighted by Crippen LogP contribution is -2.00. The number of hydrogen-bond donors (Lipinski definition) is 1. The Morgan fingerprint density at radius 1 is 1.32 bits per heavy atom. The van der Waals surface area contributed by atoms with E-state index in [1.54, 1.807) is 13.2 Å². The average molecular weight is 263 g/mol. The van der Waals surface area contributed by atoms with Gasteiger partial charge in [0.25, 0.3) is 0 Å². The lowest BCUT2D eigenvalue weighted by Gasteiger charge is -2.11. The molecule has 0 atom stereocenters.